The molecule has 0 aliphatic heterocycles. The largest absolute Gasteiger partial charge is 0.484 e. The lowest BCUT2D eigenvalue weighted by molar-refractivity contribution is -0.118. The summed E-state index contributed by atoms with van der Waals surface area (Å²) in [6.45, 7) is 9.88. The maximum Gasteiger partial charge on any atom is 0.341 e. The van der Waals surface area contributed by atoms with Gasteiger partial charge in [-0.2, -0.15) is 0 Å². The summed E-state index contributed by atoms with van der Waals surface area (Å²) in [5, 5.41) is 3.28. The van der Waals surface area contributed by atoms with E-state index in [2.05, 4.69) is 19.2 Å². The maximum atomic E-state index is 12.3. The molecule has 0 saturated heterocycles. The lowest BCUT2D eigenvalue weighted by atomic mass is 10.0. The molecular formula is C20H25NO4S. The smallest absolute Gasteiger partial charge is 0.341 e. The minimum Gasteiger partial charge on any atom is -0.484 e. The zero-order valence-corrected chi connectivity index (χ0v) is 16.7. The van der Waals surface area contributed by atoms with Crippen LogP contribution in [0.25, 0.3) is 0 Å². The van der Waals surface area contributed by atoms with E-state index in [-0.39, 0.29) is 19.1 Å². The molecule has 5 nitrogen and oxygen atoms in total. The molecule has 0 atom stereocenters. The van der Waals surface area contributed by atoms with Gasteiger partial charge in [-0.15, -0.1) is 11.3 Å². The molecule has 0 saturated carbocycles. The summed E-state index contributed by atoms with van der Waals surface area (Å²) in [4.78, 5) is 25.4. The third-order valence-electron chi connectivity index (χ3n) is 4.01. The lowest BCUT2D eigenvalue weighted by Crippen LogP contribution is -2.21. The summed E-state index contributed by atoms with van der Waals surface area (Å²) in [6, 6.07) is 7.69. The number of carbonyl (C=O) groups excluding carboxylic acids is 2. The summed E-state index contributed by atoms with van der Waals surface area (Å²) in [5.74, 6) is 0.300. The third kappa shape index (κ3) is 4.85. The zero-order valence-electron chi connectivity index (χ0n) is 15.8. The third-order valence-corrected chi connectivity index (χ3v) is 5.14. The number of hydrogen-bond acceptors (Lipinski definition) is 5. The second kappa shape index (κ2) is 8.85. The molecule has 0 unspecified atom stereocenters. The Labute approximate surface area is 158 Å². The van der Waals surface area contributed by atoms with Gasteiger partial charge in [-0.05, 0) is 49.9 Å². The first kappa shape index (κ1) is 20.0. The highest BCUT2D eigenvalue weighted by molar-refractivity contribution is 7.16. The van der Waals surface area contributed by atoms with Crippen LogP contribution >= 0.6 is 11.3 Å². The van der Waals surface area contributed by atoms with Gasteiger partial charge in [-0.3, -0.25) is 4.79 Å². The molecule has 140 valence electrons. The van der Waals surface area contributed by atoms with Crippen molar-refractivity contribution in [3.63, 3.8) is 0 Å². The first-order chi connectivity index (χ1) is 12.3. The van der Waals surface area contributed by atoms with E-state index in [1.54, 1.807) is 6.92 Å². The van der Waals surface area contributed by atoms with Crippen molar-refractivity contribution in [2.75, 3.05) is 18.5 Å². The predicted molar refractivity (Wildman–Crippen MR) is 104 cm³/mol. The second-order valence-corrected chi connectivity index (χ2v) is 7.50. The molecule has 1 N–H and O–H groups in total. The quantitative estimate of drug-likeness (QED) is 0.714. The summed E-state index contributed by atoms with van der Waals surface area (Å²) >= 11 is 1.36. The predicted octanol–water partition coefficient (Wildman–Crippen LogP) is 4.68. The molecule has 0 bridgehead atoms. The van der Waals surface area contributed by atoms with Gasteiger partial charge in [-0.1, -0.05) is 26.0 Å². The first-order valence-electron chi connectivity index (χ1n) is 8.63. The van der Waals surface area contributed by atoms with E-state index >= 15 is 0 Å². The number of benzene rings is 1. The summed E-state index contributed by atoms with van der Waals surface area (Å²) in [7, 11) is 0. The molecule has 0 spiro atoms. The lowest BCUT2D eigenvalue weighted by Gasteiger charge is -2.10. The van der Waals surface area contributed by atoms with Crippen LogP contribution in [-0.2, 0) is 9.53 Å². The second-order valence-electron chi connectivity index (χ2n) is 6.27. The van der Waals surface area contributed by atoms with Gasteiger partial charge >= 0.3 is 5.97 Å². The fourth-order valence-electron chi connectivity index (χ4n) is 2.44. The topological polar surface area (TPSA) is 64.6 Å². The van der Waals surface area contributed by atoms with E-state index < -0.39 is 5.97 Å². The van der Waals surface area contributed by atoms with Gasteiger partial charge in [0.25, 0.3) is 5.91 Å². The normalized spacial score (nSPS) is 10.7. The van der Waals surface area contributed by atoms with Crippen LogP contribution in [0.5, 0.6) is 5.75 Å². The van der Waals surface area contributed by atoms with Crippen LogP contribution in [0.2, 0.25) is 0 Å². The van der Waals surface area contributed by atoms with Gasteiger partial charge in [0.1, 0.15) is 10.8 Å². The average molecular weight is 375 g/mol. The summed E-state index contributed by atoms with van der Waals surface area (Å²) < 4.78 is 10.7. The van der Waals surface area contributed by atoms with Crippen molar-refractivity contribution in [2.24, 2.45) is 0 Å². The van der Waals surface area contributed by atoms with Crippen LogP contribution in [0, 0.1) is 13.8 Å². The highest BCUT2D eigenvalue weighted by atomic mass is 32.1. The Hall–Kier alpha value is -2.34. The van der Waals surface area contributed by atoms with E-state index in [4.69, 9.17) is 9.47 Å². The van der Waals surface area contributed by atoms with E-state index in [1.807, 2.05) is 38.1 Å². The molecule has 2 rings (SSSR count). The van der Waals surface area contributed by atoms with Crippen molar-refractivity contribution in [3.05, 3.63) is 45.8 Å². The number of esters is 1. The summed E-state index contributed by atoms with van der Waals surface area (Å²) in [6.07, 6.45) is 0. The van der Waals surface area contributed by atoms with Crippen molar-refractivity contribution >= 4 is 28.2 Å². The Morgan fingerprint density at radius 3 is 2.62 bits per heavy atom. The van der Waals surface area contributed by atoms with Crippen LogP contribution < -0.4 is 10.1 Å². The highest BCUT2D eigenvalue weighted by Gasteiger charge is 2.22. The number of ether oxygens (including phenoxy) is 2. The fraction of sp³-hybridized carbons (Fsp3) is 0.400. The van der Waals surface area contributed by atoms with Crippen LogP contribution in [0.15, 0.2) is 24.3 Å². The number of thiophene rings is 1. The standard InChI is InChI=1S/C20H25NO4S/c1-6-24-20(23)18-13(4)14(5)26-19(18)21-17(22)11-25-16-9-7-8-15(10-16)12(2)3/h7-10,12H,6,11H2,1-5H3,(H,21,22). The molecule has 0 radical (unpaired) electrons. The number of anilines is 1. The Balaban J connectivity index is 2.05. The Morgan fingerprint density at radius 1 is 1.23 bits per heavy atom. The Kier molecular flexibility index (Phi) is 6.80. The molecule has 1 aromatic carbocycles. The SMILES string of the molecule is CCOC(=O)c1c(NC(=O)COc2cccc(C(C)C)c2)sc(C)c1C. The van der Waals surface area contributed by atoms with Gasteiger partial charge < -0.3 is 14.8 Å². The fourth-order valence-corrected chi connectivity index (χ4v) is 3.50. The van der Waals surface area contributed by atoms with Crippen molar-refractivity contribution < 1.29 is 19.1 Å². The Morgan fingerprint density at radius 2 is 1.96 bits per heavy atom. The molecule has 1 heterocycles. The van der Waals surface area contributed by atoms with Crippen molar-refractivity contribution in [3.8, 4) is 5.75 Å². The molecule has 6 heteroatoms. The van der Waals surface area contributed by atoms with Gasteiger partial charge in [0, 0.05) is 4.88 Å². The van der Waals surface area contributed by atoms with Crippen LogP contribution in [0.4, 0.5) is 5.00 Å². The molecule has 0 fully saturated rings. The average Bonchev–Trinajstić information content (AvgIpc) is 2.87. The molecular weight excluding hydrogens is 350 g/mol. The molecule has 1 aromatic heterocycles. The Bertz CT molecular complexity index is 795. The molecule has 2 aromatic rings. The van der Waals surface area contributed by atoms with Crippen LogP contribution in [0.1, 0.15) is 53.1 Å². The molecule has 1 amide bonds. The van der Waals surface area contributed by atoms with E-state index in [0.29, 0.717) is 22.2 Å². The number of nitrogens with one attached hydrogen (secondary N) is 1. The molecule has 0 aliphatic carbocycles. The highest BCUT2D eigenvalue weighted by Crippen LogP contribution is 2.33. The maximum absolute atomic E-state index is 12.3. The minimum atomic E-state index is -0.421. The zero-order chi connectivity index (χ0) is 19.3. The number of aryl methyl sites for hydroxylation is 1. The van der Waals surface area contributed by atoms with Gasteiger partial charge in [0.05, 0.1) is 12.2 Å². The van der Waals surface area contributed by atoms with Gasteiger partial charge in [-0.25, -0.2) is 4.79 Å². The van der Waals surface area contributed by atoms with E-state index in [9.17, 15) is 9.59 Å². The van der Waals surface area contributed by atoms with E-state index in [0.717, 1.165) is 16.0 Å². The monoisotopic (exact) mass is 375 g/mol. The molecule has 0 aliphatic rings. The summed E-state index contributed by atoms with van der Waals surface area (Å²) in [5.41, 5.74) is 2.40. The van der Waals surface area contributed by atoms with Crippen LogP contribution in [0.3, 0.4) is 0 Å². The van der Waals surface area contributed by atoms with Crippen molar-refractivity contribution in [1.82, 2.24) is 0 Å². The van der Waals surface area contributed by atoms with Gasteiger partial charge in [0.2, 0.25) is 0 Å². The number of carbonyl (C=O) groups is 2. The number of hydrogen-bond donors (Lipinski definition) is 1. The molecule has 26 heavy (non-hydrogen) atoms. The number of rotatable bonds is 7. The first-order valence-corrected chi connectivity index (χ1v) is 9.44. The van der Waals surface area contributed by atoms with E-state index in [1.165, 1.54) is 11.3 Å². The van der Waals surface area contributed by atoms with Crippen LogP contribution in [-0.4, -0.2) is 25.1 Å². The number of amides is 1. The van der Waals surface area contributed by atoms with Gasteiger partial charge in [0.15, 0.2) is 6.61 Å². The van der Waals surface area contributed by atoms with Crippen molar-refractivity contribution in [1.29, 1.82) is 0 Å². The van der Waals surface area contributed by atoms with Crippen molar-refractivity contribution in [2.45, 2.75) is 40.5 Å². The minimum absolute atomic E-state index is 0.125.